The standard InChI is InChI=1S/C12H16F2N2O2/c1-3-16(4-2)12(17)15-9-6-5-7-10(8-9)18-11(13)14/h5-8,11H,3-4H2,1-2H3,(H,15,17). The van der Waals surface area contributed by atoms with Gasteiger partial charge in [0.25, 0.3) is 0 Å². The molecule has 0 unspecified atom stereocenters. The second-order valence-electron chi connectivity index (χ2n) is 3.51. The molecule has 0 heterocycles. The highest BCUT2D eigenvalue weighted by atomic mass is 19.3. The predicted molar refractivity (Wildman–Crippen MR) is 65.0 cm³/mol. The first-order valence-corrected chi connectivity index (χ1v) is 5.67. The van der Waals surface area contributed by atoms with Crippen molar-refractivity contribution >= 4 is 11.7 Å². The first-order valence-electron chi connectivity index (χ1n) is 5.67. The van der Waals surface area contributed by atoms with Crippen molar-refractivity contribution < 1.29 is 18.3 Å². The second kappa shape index (κ2) is 6.78. The lowest BCUT2D eigenvalue weighted by Crippen LogP contribution is -2.34. The van der Waals surface area contributed by atoms with Gasteiger partial charge in [-0.05, 0) is 26.0 Å². The topological polar surface area (TPSA) is 41.6 Å². The molecule has 0 bridgehead atoms. The molecule has 0 saturated heterocycles. The second-order valence-corrected chi connectivity index (χ2v) is 3.51. The summed E-state index contributed by atoms with van der Waals surface area (Å²) >= 11 is 0. The minimum atomic E-state index is -2.88. The normalized spacial score (nSPS) is 10.3. The Labute approximate surface area is 105 Å². The molecule has 1 N–H and O–H groups in total. The third-order valence-corrected chi connectivity index (χ3v) is 2.36. The average molecular weight is 258 g/mol. The van der Waals surface area contributed by atoms with Crippen LogP contribution in [0, 0.1) is 0 Å². The summed E-state index contributed by atoms with van der Waals surface area (Å²) in [4.78, 5) is 13.3. The quantitative estimate of drug-likeness (QED) is 0.881. The van der Waals surface area contributed by atoms with Gasteiger partial charge in [-0.1, -0.05) is 6.07 Å². The van der Waals surface area contributed by atoms with Gasteiger partial charge in [-0.2, -0.15) is 8.78 Å². The van der Waals surface area contributed by atoms with Crippen molar-refractivity contribution in [1.29, 1.82) is 0 Å². The molecule has 4 nitrogen and oxygen atoms in total. The van der Waals surface area contributed by atoms with Crippen molar-refractivity contribution in [3.05, 3.63) is 24.3 Å². The number of alkyl halides is 2. The van der Waals surface area contributed by atoms with Crippen molar-refractivity contribution in [2.45, 2.75) is 20.5 Å². The largest absolute Gasteiger partial charge is 0.435 e. The number of urea groups is 1. The van der Waals surface area contributed by atoms with Crippen LogP contribution in [0.4, 0.5) is 19.3 Å². The fourth-order valence-corrected chi connectivity index (χ4v) is 1.46. The van der Waals surface area contributed by atoms with E-state index in [1.54, 1.807) is 11.0 Å². The summed E-state index contributed by atoms with van der Waals surface area (Å²) in [5.74, 6) is 0.0161. The first-order chi connectivity index (χ1) is 8.56. The maximum absolute atomic E-state index is 12.0. The first kappa shape index (κ1) is 14.2. The minimum absolute atomic E-state index is 0.0161. The Kier molecular flexibility index (Phi) is 5.35. The van der Waals surface area contributed by atoms with Crippen molar-refractivity contribution in [3.8, 4) is 5.75 Å². The SMILES string of the molecule is CCN(CC)C(=O)Nc1cccc(OC(F)F)c1. The number of benzene rings is 1. The van der Waals surface area contributed by atoms with E-state index in [0.717, 1.165) is 0 Å². The minimum Gasteiger partial charge on any atom is -0.435 e. The number of carbonyl (C=O) groups is 1. The van der Waals surface area contributed by atoms with Crippen LogP contribution in [0.1, 0.15) is 13.8 Å². The molecule has 0 saturated carbocycles. The Hall–Kier alpha value is -1.85. The van der Waals surface area contributed by atoms with Gasteiger partial charge in [0.05, 0.1) is 0 Å². The molecule has 0 aliphatic rings. The monoisotopic (exact) mass is 258 g/mol. The van der Waals surface area contributed by atoms with E-state index in [2.05, 4.69) is 10.1 Å². The van der Waals surface area contributed by atoms with E-state index in [1.165, 1.54) is 18.2 Å². The third kappa shape index (κ3) is 4.20. The lowest BCUT2D eigenvalue weighted by molar-refractivity contribution is -0.0497. The van der Waals surface area contributed by atoms with Crippen LogP contribution in [0.3, 0.4) is 0 Å². The number of rotatable bonds is 5. The Morgan fingerprint density at radius 3 is 2.61 bits per heavy atom. The lowest BCUT2D eigenvalue weighted by atomic mass is 10.3. The van der Waals surface area contributed by atoms with Crippen molar-refractivity contribution in [1.82, 2.24) is 4.90 Å². The lowest BCUT2D eigenvalue weighted by Gasteiger charge is -2.19. The molecule has 100 valence electrons. The molecular formula is C12H16F2N2O2. The van der Waals surface area contributed by atoms with Gasteiger partial charge in [-0.15, -0.1) is 0 Å². The summed E-state index contributed by atoms with van der Waals surface area (Å²) in [5.41, 5.74) is 0.421. The van der Waals surface area contributed by atoms with Crippen LogP contribution < -0.4 is 10.1 Å². The zero-order valence-electron chi connectivity index (χ0n) is 10.3. The molecule has 1 aromatic carbocycles. The molecule has 0 aliphatic carbocycles. The van der Waals surface area contributed by atoms with Gasteiger partial charge in [0, 0.05) is 24.8 Å². The number of hydrogen-bond acceptors (Lipinski definition) is 2. The molecule has 6 heteroatoms. The van der Waals surface area contributed by atoms with Crippen LogP contribution in [-0.2, 0) is 0 Å². The number of nitrogens with one attached hydrogen (secondary N) is 1. The van der Waals surface area contributed by atoms with Crippen LogP contribution in [0.15, 0.2) is 24.3 Å². The fraction of sp³-hybridized carbons (Fsp3) is 0.417. The molecule has 0 radical (unpaired) electrons. The highest BCUT2D eigenvalue weighted by Crippen LogP contribution is 2.19. The van der Waals surface area contributed by atoms with E-state index in [1.807, 2.05) is 13.8 Å². The van der Waals surface area contributed by atoms with Crippen LogP contribution in [0.2, 0.25) is 0 Å². The van der Waals surface area contributed by atoms with Crippen molar-refractivity contribution in [2.75, 3.05) is 18.4 Å². The number of halogens is 2. The molecule has 0 aromatic heterocycles. The van der Waals surface area contributed by atoms with Crippen molar-refractivity contribution in [2.24, 2.45) is 0 Å². The van der Waals surface area contributed by atoms with Gasteiger partial charge < -0.3 is 15.0 Å². The smallest absolute Gasteiger partial charge is 0.387 e. The number of nitrogens with zero attached hydrogens (tertiary/aromatic N) is 1. The average Bonchev–Trinajstić information content (AvgIpc) is 2.30. The zero-order chi connectivity index (χ0) is 13.5. The Bertz CT molecular complexity index is 395. The van der Waals surface area contributed by atoms with Gasteiger partial charge in [-0.3, -0.25) is 0 Å². The van der Waals surface area contributed by atoms with Gasteiger partial charge in [0.15, 0.2) is 0 Å². The molecular weight excluding hydrogens is 242 g/mol. The zero-order valence-corrected chi connectivity index (χ0v) is 10.3. The van der Waals surface area contributed by atoms with Crippen molar-refractivity contribution in [3.63, 3.8) is 0 Å². The van der Waals surface area contributed by atoms with Crippen LogP contribution in [0.5, 0.6) is 5.75 Å². The van der Waals surface area contributed by atoms with Gasteiger partial charge in [0.1, 0.15) is 5.75 Å². The number of ether oxygens (including phenoxy) is 1. The maximum Gasteiger partial charge on any atom is 0.387 e. The molecule has 2 amide bonds. The Morgan fingerprint density at radius 2 is 2.06 bits per heavy atom. The summed E-state index contributed by atoms with van der Waals surface area (Å²) in [6, 6.07) is 5.64. The predicted octanol–water partition coefficient (Wildman–Crippen LogP) is 3.16. The van der Waals surface area contributed by atoms with E-state index >= 15 is 0 Å². The Morgan fingerprint density at radius 1 is 1.39 bits per heavy atom. The molecule has 0 atom stereocenters. The van der Waals surface area contributed by atoms with Gasteiger partial charge in [0.2, 0.25) is 0 Å². The number of carbonyl (C=O) groups excluding carboxylic acids is 1. The number of anilines is 1. The summed E-state index contributed by atoms with van der Waals surface area (Å²) < 4.78 is 28.3. The van der Waals surface area contributed by atoms with E-state index in [0.29, 0.717) is 18.8 Å². The molecule has 0 spiro atoms. The molecule has 18 heavy (non-hydrogen) atoms. The summed E-state index contributed by atoms with van der Waals surface area (Å²) in [7, 11) is 0. The molecule has 1 rings (SSSR count). The molecule has 0 aliphatic heterocycles. The van der Waals surface area contributed by atoms with Crippen LogP contribution in [0.25, 0.3) is 0 Å². The van der Waals surface area contributed by atoms with Gasteiger partial charge >= 0.3 is 12.6 Å². The maximum atomic E-state index is 12.0. The Balaban J connectivity index is 2.69. The van der Waals surface area contributed by atoms with E-state index in [-0.39, 0.29) is 11.8 Å². The number of amides is 2. The highest BCUT2D eigenvalue weighted by molar-refractivity contribution is 5.89. The number of hydrogen-bond donors (Lipinski definition) is 1. The third-order valence-electron chi connectivity index (χ3n) is 2.36. The summed E-state index contributed by atoms with van der Waals surface area (Å²) in [6.45, 7) is 2.00. The van der Waals surface area contributed by atoms with Crippen LogP contribution in [-0.4, -0.2) is 30.6 Å². The fourth-order valence-electron chi connectivity index (χ4n) is 1.46. The highest BCUT2D eigenvalue weighted by Gasteiger charge is 2.10. The van der Waals surface area contributed by atoms with E-state index < -0.39 is 6.61 Å². The molecule has 1 aromatic rings. The van der Waals surface area contributed by atoms with Gasteiger partial charge in [-0.25, -0.2) is 4.79 Å². The summed E-state index contributed by atoms with van der Waals surface area (Å²) in [5, 5.41) is 2.62. The molecule has 0 fully saturated rings. The summed E-state index contributed by atoms with van der Waals surface area (Å²) in [6.07, 6.45) is 0. The van der Waals surface area contributed by atoms with Crippen LogP contribution >= 0.6 is 0 Å². The van der Waals surface area contributed by atoms with E-state index in [9.17, 15) is 13.6 Å². The van der Waals surface area contributed by atoms with E-state index in [4.69, 9.17) is 0 Å².